The number of nitrogens with zero attached hydrogens (tertiary/aromatic N) is 3. The first-order valence-electron chi connectivity index (χ1n) is 13.8. The van der Waals surface area contributed by atoms with Crippen molar-refractivity contribution in [3.63, 3.8) is 0 Å². The summed E-state index contributed by atoms with van der Waals surface area (Å²) in [5.74, 6) is -0.492. The first-order valence-corrected chi connectivity index (χ1v) is 13.8. The number of rotatable bonds is 6. The molecule has 0 radical (unpaired) electrons. The summed E-state index contributed by atoms with van der Waals surface area (Å²) >= 11 is 0. The SMILES string of the molecule is CC(C)(C)OC(=O)NC1CCN(C(=O)CCN2CCN(c3ccc(C4CCC(=O)NC4=O)cc3)CC2)CC1. The summed E-state index contributed by atoms with van der Waals surface area (Å²) in [5.41, 5.74) is 1.55. The first kappa shape index (κ1) is 27.9. The molecule has 1 atom stereocenters. The topological polar surface area (TPSA) is 111 Å². The number of nitrogens with one attached hydrogen (secondary N) is 2. The van der Waals surface area contributed by atoms with Gasteiger partial charge in [0.15, 0.2) is 0 Å². The van der Waals surface area contributed by atoms with E-state index in [0.29, 0.717) is 32.4 Å². The Hall–Kier alpha value is -3.14. The van der Waals surface area contributed by atoms with Crippen molar-refractivity contribution in [2.75, 3.05) is 50.7 Å². The predicted molar refractivity (Wildman–Crippen MR) is 144 cm³/mol. The van der Waals surface area contributed by atoms with Crippen LogP contribution in [-0.4, -0.2) is 91.1 Å². The highest BCUT2D eigenvalue weighted by Gasteiger charge is 2.29. The largest absolute Gasteiger partial charge is 0.444 e. The Balaban J connectivity index is 1.14. The minimum Gasteiger partial charge on any atom is -0.444 e. The normalized spacial score (nSPS) is 21.7. The number of hydrogen-bond donors (Lipinski definition) is 2. The molecular formula is C28H41N5O5. The van der Waals surface area contributed by atoms with E-state index in [4.69, 9.17) is 4.74 Å². The Morgan fingerprint density at radius 3 is 2.24 bits per heavy atom. The van der Waals surface area contributed by atoms with Crippen molar-refractivity contribution in [2.24, 2.45) is 0 Å². The molecule has 0 saturated carbocycles. The lowest BCUT2D eigenvalue weighted by molar-refractivity contribution is -0.134. The van der Waals surface area contributed by atoms with Gasteiger partial charge in [-0.05, 0) is 57.7 Å². The fraction of sp³-hybridized carbons (Fsp3) is 0.643. The number of likely N-dealkylation sites (tertiary alicyclic amines) is 1. The molecule has 1 aromatic carbocycles. The summed E-state index contributed by atoms with van der Waals surface area (Å²) in [7, 11) is 0. The standard InChI is InChI=1S/C28H41N5O5/c1-28(2,3)38-27(37)29-21-10-14-33(15-11-21)25(35)12-13-31-16-18-32(19-17-31)22-6-4-20(5-7-22)23-8-9-24(34)30-26(23)36/h4-7,21,23H,8-19H2,1-3H3,(H,29,37)(H,30,34,36). The average molecular weight is 528 g/mol. The zero-order valence-electron chi connectivity index (χ0n) is 22.8. The van der Waals surface area contributed by atoms with E-state index in [1.54, 1.807) is 0 Å². The van der Waals surface area contributed by atoms with Gasteiger partial charge in [0.05, 0.1) is 5.92 Å². The minimum absolute atomic E-state index is 0.0417. The molecule has 1 aromatic rings. The second-order valence-corrected chi connectivity index (χ2v) is 11.5. The van der Waals surface area contributed by atoms with Crippen LogP contribution in [0.25, 0.3) is 0 Å². The van der Waals surface area contributed by atoms with Crippen molar-refractivity contribution >= 4 is 29.5 Å². The number of hydrogen-bond acceptors (Lipinski definition) is 7. The molecule has 0 aliphatic carbocycles. The maximum atomic E-state index is 12.8. The van der Waals surface area contributed by atoms with Gasteiger partial charge in [-0.25, -0.2) is 4.79 Å². The molecule has 208 valence electrons. The van der Waals surface area contributed by atoms with Crippen LogP contribution in [0.2, 0.25) is 0 Å². The van der Waals surface area contributed by atoms with Gasteiger partial charge in [-0.15, -0.1) is 0 Å². The van der Waals surface area contributed by atoms with E-state index in [9.17, 15) is 19.2 Å². The number of ether oxygens (including phenoxy) is 1. The number of anilines is 1. The van der Waals surface area contributed by atoms with Gasteiger partial charge in [0.25, 0.3) is 0 Å². The van der Waals surface area contributed by atoms with Crippen LogP contribution in [-0.2, 0) is 19.1 Å². The molecular weight excluding hydrogens is 486 g/mol. The second-order valence-electron chi connectivity index (χ2n) is 11.5. The molecule has 38 heavy (non-hydrogen) atoms. The highest BCUT2D eigenvalue weighted by atomic mass is 16.6. The highest BCUT2D eigenvalue weighted by molar-refractivity contribution is 6.00. The van der Waals surface area contributed by atoms with Crippen molar-refractivity contribution in [2.45, 2.75) is 70.4 Å². The molecule has 10 nitrogen and oxygen atoms in total. The molecule has 3 saturated heterocycles. The number of carbonyl (C=O) groups is 4. The number of piperidine rings is 2. The number of benzene rings is 1. The van der Waals surface area contributed by atoms with Crippen LogP contribution in [0, 0.1) is 0 Å². The lowest BCUT2D eigenvalue weighted by Gasteiger charge is -2.37. The van der Waals surface area contributed by atoms with Gasteiger partial charge in [-0.3, -0.25) is 24.6 Å². The van der Waals surface area contributed by atoms with Gasteiger partial charge < -0.3 is 19.9 Å². The average Bonchev–Trinajstić information content (AvgIpc) is 2.87. The van der Waals surface area contributed by atoms with E-state index in [1.165, 1.54) is 0 Å². The second kappa shape index (κ2) is 12.1. The van der Waals surface area contributed by atoms with Crippen LogP contribution in [0.15, 0.2) is 24.3 Å². The molecule has 3 heterocycles. The lowest BCUT2D eigenvalue weighted by atomic mass is 9.90. The predicted octanol–water partition coefficient (Wildman–Crippen LogP) is 2.23. The summed E-state index contributed by atoms with van der Waals surface area (Å²) in [6.45, 7) is 11.1. The molecule has 0 bridgehead atoms. The third kappa shape index (κ3) is 7.69. The molecule has 4 amide bonds. The smallest absolute Gasteiger partial charge is 0.407 e. The Morgan fingerprint density at radius 1 is 0.974 bits per heavy atom. The summed E-state index contributed by atoms with van der Waals surface area (Å²) in [6.07, 6.45) is 2.53. The van der Waals surface area contributed by atoms with E-state index in [2.05, 4.69) is 32.6 Å². The zero-order chi connectivity index (χ0) is 27.3. The Morgan fingerprint density at radius 2 is 1.63 bits per heavy atom. The van der Waals surface area contributed by atoms with Gasteiger partial charge in [-0.2, -0.15) is 0 Å². The van der Waals surface area contributed by atoms with Gasteiger partial charge in [0.2, 0.25) is 17.7 Å². The van der Waals surface area contributed by atoms with Crippen LogP contribution in [0.5, 0.6) is 0 Å². The number of amides is 4. The number of alkyl carbamates (subject to hydrolysis) is 1. The van der Waals surface area contributed by atoms with Crippen molar-refractivity contribution < 1.29 is 23.9 Å². The maximum absolute atomic E-state index is 12.8. The number of carbonyl (C=O) groups excluding carboxylic acids is 4. The Bertz CT molecular complexity index is 1010. The summed E-state index contributed by atoms with van der Waals surface area (Å²) < 4.78 is 5.33. The monoisotopic (exact) mass is 527 g/mol. The molecule has 0 aromatic heterocycles. The quantitative estimate of drug-likeness (QED) is 0.546. The molecule has 3 aliphatic heterocycles. The van der Waals surface area contributed by atoms with Crippen LogP contribution < -0.4 is 15.5 Å². The fourth-order valence-corrected chi connectivity index (χ4v) is 5.32. The fourth-order valence-electron chi connectivity index (χ4n) is 5.32. The molecule has 3 aliphatic rings. The van der Waals surface area contributed by atoms with Crippen molar-refractivity contribution in [3.8, 4) is 0 Å². The van der Waals surface area contributed by atoms with E-state index in [0.717, 1.165) is 56.8 Å². The first-order chi connectivity index (χ1) is 18.1. The van der Waals surface area contributed by atoms with Crippen LogP contribution in [0.4, 0.5) is 10.5 Å². The Labute approximate surface area is 225 Å². The molecule has 3 fully saturated rings. The van der Waals surface area contributed by atoms with Crippen LogP contribution >= 0.6 is 0 Å². The maximum Gasteiger partial charge on any atom is 0.407 e. The van der Waals surface area contributed by atoms with Gasteiger partial charge in [0.1, 0.15) is 5.60 Å². The highest BCUT2D eigenvalue weighted by Crippen LogP contribution is 2.27. The summed E-state index contributed by atoms with van der Waals surface area (Å²) in [4.78, 5) is 54.9. The number of imide groups is 1. The third-order valence-electron chi connectivity index (χ3n) is 7.48. The number of piperazine rings is 1. The molecule has 1 unspecified atom stereocenters. The lowest BCUT2D eigenvalue weighted by Crippen LogP contribution is -2.49. The van der Waals surface area contributed by atoms with Gasteiger partial charge in [-0.1, -0.05) is 12.1 Å². The summed E-state index contributed by atoms with van der Waals surface area (Å²) in [6, 6.07) is 8.14. The van der Waals surface area contributed by atoms with Crippen molar-refractivity contribution in [3.05, 3.63) is 29.8 Å². The van der Waals surface area contributed by atoms with Gasteiger partial charge >= 0.3 is 6.09 Å². The van der Waals surface area contributed by atoms with Crippen LogP contribution in [0.3, 0.4) is 0 Å². The minimum atomic E-state index is -0.519. The molecule has 4 rings (SSSR count). The van der Waals surface area contributed by atoms with Crippen molar-refractivity contribution in [1.29, 1.82) is 0 Å². The van der Waals surface area contributed by atoms with Gasteiger partial charge in [0, 0.05) is 70.4 Å². The van der Waals surface area contributed by atoms with E-state index >= 15 is 0 Å². The van der Waals surface area contributed by atoms with E-state index in [-0.39, 0.29) is 29.7 Å². The zero-order valence-corrected chi connectivity index (χ0v) is 22.8. The van der Waals surface area contributed by atoms with E-state index in [1.807, 2.05) is 37.8 Å². The van der Waals surface area contributed by atoms with Crippen molar-refractivity contribution in [1.82, 2.24) is 20.4 Å². The molecule has 2 N–H and O–H groups in total. The molecule has 10 heteroatoms. The summed E-state index contributed by atoms with van der Waals surface area (Å²) in [5, 5.41) is 5.34. The van der Waals surface area contributed by atoms with E-state index < -0.39 is 11.7 Å². The Kier molecular flexibility index (Phi) is 8.91. The molecule has 0 spiro atoms. The third-order valence-corrected chi connectivity index (χ3v) is 7.48. The van der Waals surface area contributed by atoms with Crippen LogP contribution in [0.1, 0.15) is 64.4 Å².